The zero-order valence-electron chi connectivity index (χ0n) is 19.5. The zero-order chi connectivity index (χ0) is 23.4. The number of nitrogens with two attached hydrogens (primary N) is 2. The van der Waals surface area contributed by atoms with Gasteiger partial charge in [-0.25, -0.2) is 9.79 Å². The van der Waals surface area contributed by atoms with E-state index in [1.54, 1.807) is 4.90 Å². The molecule has 0 spiro atoms. The first-order valence-corrected chi connectivity index (χ1v) is 11.7. The topological polar surface area (TPSA) is 147 Å². The van der Waals surface area contributed by atoms with Crippen LogP contribution in [-0.2, 0) is 9.53 Å². The van der Waals surface area contributed by atoms with Gasteiger partial charge in [-0.1, -0.05) is 37.8 Å². The molecule has 182 valence electrons. The number of hydrogen-bond acceptors (Lipinski definition) is 6. The van der Waals surface area contributed by atoms with Crippen LogP contribution >= 0.6 is 0 Å². The van der Waals surface area contributed by atoms with Crippen molar-refractivity contribution in [1.82, 2.24) is 15.5 Å². The molecular formula is C22H41N7O3. The number of ether oxygens (including phenoxy) is 1. The number of cyclic esters (lactones) is 1. The standard InChI is InChI=1S/C22H41N7O3/c1-2-3-13-25-20(23)26-14-8-6-4-5-7-9-16-29-17-10-11-18-32-19(30)12-15-27-21(24)28-22(29)31/h2-3H,4-18H2,1H3,(H3,23,25,26)(H3,24,27,28,31)/b3-2+. The molecule has 32 heavy (non-hydrogen) atoms. The molecule has 1 heterocycles. The number of unbranched alkanes of at least 4 members (excludes halogenated alkanes) is 5. The molecule has 0 saturated carbocycles. The van der Waals surface area contributed by atoms with E-state index in [-0.39, 0.29) is 30.9 Å². The molecule has 10 nitrogen and oxygen atoms in total. The van der Waals surface area contributed by atoms with Gasteiger partial charge in [0.25, 0.3) is 0 Å². The van der Waals surface area contributed by atoms with E-state index in [1.807, 2.05) is 19.1 Å². The van der Waals surface area contributed by atoms with Crippen LogP contribution in [0.3, 0.4) is 0 Å². The molecule has 0 aliphatic carbocycles. The van der Waals surface area contributed by atoms with Crippen LogP contribution in [0.15, 0.2) is 22.1 Å². The Morgan fingerprint density at radius 2 is 1.97 bits per heavy atom. The summed E-state index contributed by atoms with van der Waals surface area (Å²) in [6, 6.07) is -0.238. The van der Waals surface area contributed by atoms with Gasteiger partial charge in [-0.15, -0.1) is 0 Å². The van der Waals surface area contributed by atoms with Gasteiger partial charge in [0.2, 0.25) is 0 Å². The first-order chi connectivity index (χ1) is 15.5. The first-order valence-electron chi connectivity index (χ1n) is 11.7. The Balaban J connectivity index is 2.22. The van der Waals surface area contributed by atoms with E-state index in [9.17, 15) is 9.59 Å². The Hall–Kier alpha value is -2.78. The molecule has 0 atom stereocenters. The van der Waals surface area contributed by atoms with Crippen LogP contribution in [0.25, 0.3) is 0 Å². The molecule has 1 aliphatic heterocycles. The number of carbonyl (C=O) groups excluding carboxylic acids is 2. The molecule has 1 rings (SSSR count). The third-order valence-corrected chi connectivity index (χ3v) is 4.97. The van der Waals surface area contributed by atoms with E-state index in [0.717, 1.165) is 57.9 Å². The molecule has 10 heteroatoms. The maximum Gasteiger partial charge on any atom is 0.324 e. The number of nitrogens with one attached hydrogen (secondary N) is 2. The third kappa shape index (κ3) is 14.3. The maximum absolute atomic E-state index is 12.5. The van der Waals surface area contributed by atoms with Gasteiger partial charge in [0.15, 0.2) is 11.9 Å². The van der Waals surface area contributed by atoms with Crippen LogP contribution in [-0.4, -0.2) is 68.2 Å². The Labute approximate surface area is 191 Å². The number of hydrogen-bond donors (Lipinski definition) is 4. The second-order valence-corrected chi connectivity index (χ2v) is 7.70. The summed E-state index contributed by atoms with van der Waals surface area (Å²) in [6.45, 7) is 5.23. The number of guanidine groups is 2. The van der Waals surface area contributed by atoms with Crippen molar-refractivity contribution >= 4 is 23.9 Å². The fourth-order valence-corrected chi connectivity index (χ4v) is 3.14. The fraction of sp³-hybridized carbons (Fsp3) is 0.727. The predicted molar refractivity (Wildman–Crippen MR) is 128 cm³/mol. The van der Waals surface area contributed by atoms with Crippen molar-refractivity contribution in [3.8, 4) is 0 Å². The Morgan fingerprint density at radius 3 is 2.75 bits per heavy atom. The van der Waals surface area contributed by atoms with Crippen LogP contribution < -0.4 is 22.1 Å². The van der Waals surface area contributed by atoms with E-state index in [2.05, 4.69) is 20.6 Å². The minimum atomic E-state index is -0.291. The number of esters is 1. The van der Waals surface area contributed by atoms with Gasteiger partial charge in [0, 0.05) is 19.6 Å². The van der Waals surface area contributed by atoms with E-state index in [0.29, 0.717) is 32.2 Å². The van der Waals surface area contributed by atoms with Crippen molar-refractivity contribution in [3.63, 3.8) is 0 Å². The summed E-state index contributed by atoms with van der Waals surface area (Å²) in [7, 11) is 0. The molecule has 0 aromatic carbocycles. The van der Waals surface area contributed by atoms with Crippen molar-refractivity contribution in [3.05, 3.63) is 12.2 Å². The van der Waals surface area contributed by atoms with Gasteiger partial charge in [-0.3, -0.25) is 15.1 Å². The minimum absolute atomic E-state index is 0.0353. The minimum Gasteiger partial charge on any atom is -0.466 e. The van der Waals surface area contributed by atoms with E-state index in [4.69, 9.17) is 16.2 Å². The van der Waals surface area contributed by atoms with Crippen LogP contribution in [0.4, 0.5) is 4.79 Å². The molecule has 0 unspecified atom stereocenters. The van der Waals surface area contributed by atoms with Gasteiger partial charge in [0.05, 0.1) is 26.1 Å². The lowest BCUT2D eigenvalue weighted by Crippen LogP contribution is -2.46. The average molecular weight is 452 g/mol. The summed E-state index contributed by atoms with van der Waals surface area (Å²) in [6.07, 6.45) is 12.0. The normalized spacial score (nSPS) is 17.1. The molecule has 0 aromatic rings. The lowest BCUT2D eigenvalue weighted by Gasteiger charge is -2.23. The fourth-order valence-electron chi connectivity index (χ4n) is 3.14. The summed E-state index contributed by atoms with van der Waals surface area (Å²) in [5.74, 6) is 0.237. The van der Waals surface area contributed by atoms with Crippen LogP contribution in [0.5, 0.6) is 0 Å². The molecule has 1 aliphatic rings. The summed E-state index contributed by atoms with van der Waals surface area (Å²) in [5, 5.41) is 5.74. The van der Waals surface area contributed by atoms with Crippen molar-refractivity contribution in [2.45, 2.75) is 64.7 Å². The molecule has 2 amide bonds. The highest BCUT2D eigenvalue weighted by Crippen LogP contribution is 2.07. The number of amides is 2. The Kier molecular flexibility index (Phi) is 15.2. The number of rotatable bonds is 11. The number of nitrogens with zero attached hydrogens (tertiary/aromatic N) is 3. The van der Waals surface area contributed by atoms with E-state index in [1.165, 1.54) is 0 Å². The van der Waals surface area contributed by atoms with E-state index >= 15 is 0 Å². The lowest BCUT2D eigenvalue weighted by atomic mass is 10.1. The Morgan fingerprint density at radius 1 is 1.22 bits per heavy atom. The van der Waals surface area contributed by atoms with Gasteiger partial charge in [-0.05, 0) is 32.6 Å². The number of urea groups is 1. The highest BCUT2D eigenvalue weighted by molar-refractivity contribution is 5.95. The first kappa shape index (κ1) is 27.3. The summed E-state index contributed by atoms with van der Waals surface area (Å²) < 4.78 is 5.15. The zero-order valence-corrected chi connectivity index (χ0v) is 19.5. The largest absolute Gasteiger partial charge is 0.466 e. The molecule has 0 saturated heterocycles. The number of aliphatic imine (C=N–C) groups is 2. The van der Waals surface area contributed by atoms with Crippen molar-refractivity contribution < 1.29 is 14.3 Å². The molecule has 0 radical (unpaired) electrons. The number of carbonyl (C=O) groups is 2. The highest BCUT2D eigenvalue weighted by Gasteiger charge is 2.14. The maximum atomic E-state index is 12.5. The Bertz CT molecular complexity index is 635. The van der Waals surface area contributed by atoms with Crippen LogP contribution in [0, 0.1) is 0 Å². The van der Waals surface area contributed by atoms with Crippen molar-refractivity contribution in [2.24, 2.45) is 21.5 Å². The highest BCUT2D eigenvalue weighted by atomic mass is 16.5. The average Bonchev–Trinajstić information content (AvgIpc) is 2.76. The SMILES string of the molecule is C/C=C/CN=C(N)NCCCCCCCCN1CCCCOC(=O)CCN=C(N)NC1=O. The molecular weight excluding hydrogens is 410 g/mol. The van der Waals surface area contributed by atoms with Crippen LogP contribution in [0.2, 0.25) is 0 Å². The molecule has 6 N–H and O–H groups in total. The second kappa shape index (κ2) is 17.9. The van der Waals surface area contributed by atoms with Crippen molar-refractivity contribution in [2.75, 3.05) is 39.3 Å². The van der Waals surface area contributed by atoms with Gasteiger partial charge in [-0.2, -0.15) is 0 Å². The molecule has 0 bridgehead atoms. The predicted octanol–water partition coefficient (Wildman–Crippen LogP) is 1.86. The van der Waals surface area contributed by atoms with E-state index < -0.39 is 0 Å². The van der Waals surface area contributed by atoms with Crippen molar-refractivity contribution in [1.29, 1.82) is 0 Å². The number of allylic oxidation sites excluding steroid dienone is 1. The van der Waals surface area contributed by atoms with Gasteiger partial charge in [0.1, 0.15) is 0 Å². The van der Waals surface area contributed by atoms with Crippen LogP contribution in [0.1, 0.15) is 64.7 Å². The third-order valence-electron chi connectivity index (χ3n) is 4.97. The molecule has 0 aromatic heterocycles. The summed E-state index contributed by atoms with van der Waals surface area (Å²) >= 11 is 0. The summed E-state index contributed by atoms with van der Waals surface area (Å²) in [4.78, 5) is 34.0. The summed E-state index contributed by atoms with van der Waals surface area (Å²) in [5.41, 5.74) is 11.5. The smallest absolute Gasteiger partial charge is 0.324 e. The lowest BCUT2D eigenvalue weighted by molar-refractivity contribution is -0.143. The quantitative estimate of drug-likeness (QED) is 0.124. The van der Waals surface area contributed by atoms with Gasteiger partial charge >= 0.3 is 12.0 Å². The monoisotopic (exact) mass is 451 g/mol. The van der Waals surface area contributed by atoms with Gasteiger partial charge < -0.3 is 26.4 Å². The molecule has 0 fully saturated rings. The second-order valence-electron chi connectivity index (χ2n) is 7.70.